The summed E-state index contributed by atoms with van der Waals surface area (Å²) in [5.74, 6) is 0.147. The summed E-state index contributed by atoms with van der Waals surface area (Å²) < 4.78 is 26.6. The van der Waals surface area contributed by atoms with Crippen LogP contribution in [-0.4, -0.2) is 51.8 Å². The molecular formula is C15H25N3O2S. The van der Waals surface area contributed by atoms with E-state index in [9.17, 15) is 8.42 Å². The number of nitrogens with one attached hydrogen (secondary N) is 2. The molecule has 0 bridgehead atoms. The largest absolute Gasteiger partial charge is 0.319 e. The van der Waals surface area contributed by atoms with Gasteiger partial charge in [-0.2, -0.15) is 0 Å². The molecule has 21 heavy (non-hydrogen) atoms. The van der Waals surface area contributed by atoms with E-state index in [2.05, 4.69) is 39.2 Å². The number of piperidine rings is 1. The Morgan fingerprint density at radius 1 is 1.19 bits per heavy atom. The topological polar surface area (TPSA) is 61.4 Å². The number of hydrogen-bond acceptors (Lipinski definition) is 4. The Morgan fingerprint density at radius 3 is 2.48 bits per heavy atom. The van der Waals surface area contributed by atoms with Gasteiger partial charge in [0.1, 0.15) is 0 Å². The average molecular weight is 311 g/mol. The SMILES string of the molecule is CNCCS(=O)(=O)NC1CCN(Cc2ccccc2)CC1. The Labute approximate surface area is 127 Å². The fraction of sp³-hybridized carbons (Fsp3) is 0.600. The van der Waals surface area contributed by atoms with Crippen LogP contribution in [0.4, 0.5) is 0 Å². The Kier molecular flexibility index (Phi) is 6.17. The Balaban J connectivity index is 1.75. The predicted molar refractivity (Wildman–Crippen MR) is 85.6 cm³/mol. The Hall–Kier alpha value is -0.950. The maximum absolute atomic E-state index is 11.9. The first-order chi connectivity index (χ1) is 10.1. The molecule has 6 heteroatoms. The van der Waals surface area contributed by atoms with Gasteiger partial charge in [0.05, 0.1) is 5.75 Å². The van der Waals surface area contributed by atoms with Crippen LogP contribution in [0.25, 0.3) is 0 Å². The van der Waals surface area contributed by atoms with Crippen molar-refractivity contribution in [3.63, 3.8) is 0 Å². The van der Waals surface area contributed by atoms with Crippen molar-refractivity contribution in [2.75, 3.05) is 32.4 Å². The molecule has 0 unspecified atom stereocenters. The molecule has 5 nitrogen and oxygen atoms in total. The van der Waals surface area contributed by atoms with Gasteiger partial charge in [0.15, 0.2) is 0 Å². The van der Waals surface area contributed by atoms with E-state index in [4.69, 9.17) is 0 Å². The second-order valence-electron chi connectivity index (χ2n) is 5.58. The van der Waals surface area contributed by atoms with Crippen molar-refractivity contribution in [1.82, 2.24) is 14.9 Å². The Bertz CT molecular complexity index is 511. The summed E-state index contributed by atoms with van der Waals surface area (Å²) in [6.45, 7) is 3.31. The molecule has 1 fully saturated rings. The highest BCUT2D eigenvalue weighted by atomic mass is 32.2. The maximum Gasteiger partial charge on any atom is 0.213 e. The molecule has 0 spiro atoms. The zero-order chi connectivity index (χ0) is 15.1. The summed E-state index contributed by atoms with van der Waals surface area (Å²) in [4.78, 5) is 2.38. The number of likely N-dealkylation sites (tertiary alicyclic amines) is 1. The van der Waals surface area contributed by atoms with Crippen LogP contribution >= 0.6 is 0 Å². The van der Waals surface area contributed by atoms with Crippen LogP contribution in [0.2, 0.25) is 0 Å². The normalized spacial score (nSPS) is 18.0. The summed E-state index contributed by atoms with van der Waals surface area (Å²) in [5, 5.41) is 2.87. The molecule has 1 aromatic rings. The van der Waals surface area contributed by atoms with Crippen molar-refractivity contribution in [2.45, 2.75) is 25.4 Å². The van der Waals surface area contributed by atoms with Gasteiger partial charge in [0.25, 0.3) is 0 Å². The van der Waals surface area contributed by atoms with Crippen LogP contribution in [0.5, 0.6) is 0 Å². The van der Waals surface area contributed by atoms with Crippen molar-refractivity contribution in [3.8, 4) is 0 Å². The molecule has 0 amide bonds. The quantitative estimate of drug-likeness (QED) is 0.781. The molecule has 1 aliphatic heterocycles. The van der Waals surface area contributed by atoms with Crippen LogP contribution in [0, 0.1) is 0 Å². The molecule has 1 saturated heterocycles. The summed E-state index contributed by atoms with van der Waals surface area (Å²) >= 11 is 0. The van der Waals surface area contributed by atoms with Crippen LogP contribution in [-0.2, 0) is 16.6 Å². The molecular weight excluding hydrogens is 286 g/mol. The van der Waals surface area contributed by atoms with Crippen molar-refractivity contribution < 1.29 is 8.42 Å². The van der Waals surface area contributed by atoms with Crippen LogP contribution in [0.3, 0.4) is 0 Å². The van der Waals surface area contributed by atoms with Crippen LogP contribution < -0.4 is 10.0 Å². The smallest absolute Gasteiger partial charge is 0.213 e. The molecule has 118 valence electrons. The van der Waals surface area contributed by atoms with E-state index in [1.54, 1.807) is 7.05 Å². The first-order valence-electron chi connectivity index (χ1n) is 7.50. The van der Waals surface area contributed by atoms with E-state index < -0.39 is 10.0 Å². The van der Waals surface area contributed by atoms with Gasteiger partial charge in [0.2, 0.25) is 10.0 Å². The Morgan fingerprint density at radius 2 is 1.86 bits per heavy atom. The predicted octanol–water partition coefficient (Wildman–Crippen LogP) is 0.790. The van der Waals surface area contributed by atoms with Crippen LogP contribution in [0.15, 0.2) is 30.3 Å². The minimum Gasteiger partial charge on any atom is -0.319 e. The highest BCUT2D eigenvalue weighted by Gasteiger charge is 2.23. The van der Waals surface area contributed by atoms with Crippen molar-refractivity contribution in [2.24, 2.45) is 0 Å². The van der Waals surface area contributed by atoms with Gasteiger partial charge in [-0.1, -0.05) is 30.3 Å². The minimum absolute atomic E-state index is 0.0823. The first-order valence-corrected chi connectivity index (χ1v) is 9.15. The average Bonchev–Trinajstić information content (AvgIpc) is 2.48. The van der Waals surface area contributed by atoms with E-state index in [-0.39, 0.29) is 11.8 Å². The molecule has 0 aliphatic carbocycles. The molecule has 0 saturated carbocycles. The van der Waals surface area contributed by atoms with Crippen molar-refractivity contribution in [1.29, 1.82) is 0 Å². The summed E-state index contributed by atoms with van der Waals surface area (Å²) in [7, 11) is -1.39. The van der Waals surface area contributed by atoms with E-state index in [0.29, 0.717) is 6.54 Å². The highest BCUT2D eigenvalue weighted by Crippen LogP contribution is 2.14. The number of benzene rings is 1. The third-order valence-corrected chi connectivity index (χ3v) is 5.24. The molecule has 1 heterocycles. The third-order valence-electron chi connectivity index (χ3n) is 3.80. The summed E-state index contributed by atoms with van der Waals surface area (Å²) in [5.41, 5.74) is 1.31. The van der Waals surface area contributed by atoms with Gasteiger partial charge in [-0.3, -0.25) is 4.90 Å². The summed E-state index contributed by atoms with van der Waals surface area (Å²) in [6.07, 6.45) is 1.76. The van der Waals surface area contributed by atoms with E-state index in [1.807, 2.05) is 6.07 Å². The zero-order valence-electron chi connectivity index (χ0n) is 12.6. The number of hydrogen-bond donors (Lipinski definition) is 2. The highest BCUT2D eigenvalue weighted by molar-refractivity contribution is 7.89. The van der Waals surface area contributed by atoms with Crippen LogP contribution in [0.1, 0.15) is 18.4 Å². The monoisotopic (exact) mass is 311 g/mol. The first kappa shape index (κ1) is 16.4. The van der Waals surface area contributed by atoms with Gasteiger partial charge >= 0.3 is 0 Å². The lowest BCUT2D eigenvalue weighted by Gasteiger charge is -2.32. The molecule has 2 rings (SSSR count). The van der Waals surface area contributed by atoms with E-state index in [1.165, 1.54) is 5.56 Å². The molecule has 2 N–H and O–H groups in total. The lowest BCUT2D eigenvalue weighted by Crippen LogP contribution is -2.45. The molecule has 0 atom stereocenters. The molecule has 0 radical (unpaired) electrons. The molecule has 1 aromatic carbocycles. The van der Waals surface area contributed by atoms with Gasteiger partial charge in [0, 0.05) is 32.2 Å². The number of nitrogens with zero attached hydrogens (tertiary/aromatic N) is 1. The van der Waals surface area contributed by atoms with E-state index in [0.717, 1.165) is 32.5 Å². The second-order valence-corrected chi connectivity index (χ2v) is 7.45. The van der Waals surface area contributed by atoms with Gasteiger partial charge in [-0.25, -0.2) is 13.1 Å². The number of sulfonamides is 1. The lowest BCUT2D eigenvalue weighted by atomic mass is 10.1. The van der Waals surface area contributed by atoms with Crippen molar-refractivity contribution >= 4 is 10.0 Å². The number of rotatable bonds is 7. The fourth-order valence-corrected chi connectivity index (χ4v) is 3.93. The van der Waals surface area contributed by atoms with Gasteiger partial charge in [-0.05, 0) is 25.5 Å². The van der Waals surface area contributed by atoms with E-state index >= 15 is 0 Å². The minimum atomic E-state index is -3.15. The third kappa shape index (κ3) is 5.74. The van der Waals surface area contributed by atoms with Gasteiger partial charge in [-0.15, -0.1) is 0 Å². The molecule has 1 aliphatic rings. The second kappa shape index (κ2) is 7.89. The van der Waals surface area contributed by atoms with Crippen molar-refractivity contribution in [3.05, 3.63) is 35.9 Å². The summed E-state index contributed by atoms with van der Waals surface area (Å²) in [6, 6.07) is 10.5. The lowest BCUT2D eigenvalue weighted by molar-refractivity contribution is 0.200. The maximum atomic E-state index is 11.9. The zero-order valence-corrected chi connectivity index (χ0v) is 13.4. The van der Waals surface area contributed by atoms with Gasteiger partial charge < -0.3 is 5.32 Å². The molecule has 0 aromatic heterocycles. The fourth-order valence-electron chi connectivity index (χ4n) is 2.60. The standard InChI is InChI=1S/C15H25N3O2S/c1-16-9-12-21(19,20)17-15-7-10-18(11-8-15)13-14-5-3-2-4-6-14/h2-6,15-17H,7-13H2,1H3.